The maximum atomic E-state index is 13.3. The number of ether oxygens (including phenoxy) is 3. The van der Waals surface area contributed by atoms with E-state index in [0.29, 0.717) is 37.8 Å². The second-order valence-corrected chi connectivity index (χ2v) is 11.9. The van der Waals surface area contributed by atoms with Crippen LogP contribution in [0.2, 0.25) is 0 Å². The van der Waals surface area contributed by atoms with Crippen molar-refractivity contribution in [2.24, 2.45) is 5.92 Å². The zero-order chi connectivity index (χ0) is 29.2. The Balaban J connectivity index is 1.36. The van der Waals surface area contributed by atoms with Crippen LogP contribution in [0, 0.1) is 5.92 Å². The molecule has 1 aliphatic carbocycles. The number of phenols is 1. The summed E-state index contributed by atoms with van der Waals surface area (Å²) in [5.74, 6) is 0.972. The average Bonchev–Trinajstić information content (AvgIpc) is 3.54. The molecule has 7 heteroatoms. The van der Waals surface area contributed by atoms with Crippen LogP contribution < -0.4 is 0 Å². The summed E-state index contributed by atoms with van der Waals surface area (Å²) in [5.41, 5.74) is 3.20. The maximum Gasteiger partial charge on any atom is 0.225 e. The molecule has 41 heavy (non-hydrogen) atoms. The van der Waals surface area contributed by atoms with E-state index in [2.05, 4.69) is 49.2 Å². The van der Waals surface area contributed by atoms with Crippen molar-refractivity contribution >= 4 is 5.91 Å². The Morgan fingerprint density at radius 3 is 2.39 bits per heavy atom. The largest absolute Gasteiger partial charge is 0.508 e. The average molecular weight is 567 g/mol. The number of methoxy groups -OCH3 is 2. The molecular formula is C34H50N2O5. The van der Waals surface area contributed by atoms with Crippen molar-refractivity contribution in [3.05, 3.63) is 65.2 Å². The Morgan fingerprint density at radius 1 is 1.05 bits per heavy atom. The van der Waals surface area contributed by atoms with Crippen LogP contribution in [0.5, 0.6) is 5.75 Å². The van der Waals surface area contributed by atoms with Gasteiger partial charge in [0.2, 0.25) is 5.91 Å². The molecule has 4 rings (SSSR count). The highest BCUT2D eigenvalue weighted by Crippen LogP contribution is 2.45. The second-order valence-electron chi connectivity index (χ2n) is 11.9. The highest BCUT2D eigenvalue weighted by atomic mass is 16.7. The Hall–Kier alpha value is -2.45. The molecular weight excluding hydrogens is 516 g/mol. The molecule has 0 unspecified atom stereocenters. The molecule has 1 saturated carbocycles. The lowest BCUT2D eigenvalue weighted by atomic mass is 9.67. The molecule has 1 atom stereocenters. The van der Waals surface area contributed by atoms with E-state index >= 15 is 0 Å². The second kappa shape index (κ2) is 15.1. The first-order chi connectivity index (χ1) is 19.9. The van der Waals surface area contributed by atoms with Gasteiger partial charge in [0.05, 0.1) is 26.2 Å². The number of benzene rings is 2. The summed E-state index contributed by atoms with van der Waals surface area (Å²) in [4.78, 5) is 17.6. The van der Waals surface area contributed by atoms with Gasteiger partial charge in [0, 0.05) is 31.2 Å². The van der Waals surface area contributed by atoms with E-state index in [9.17, 15) is 9.90 Å². The third kappa shape index (κ3) is 7.89. The lowest BCUT2D eigenvalue weighted by Gasteiger charge is -2.42. The quantitative estimate of drug-likeness (QED) is 0.245. The minimum atomic E-state index is -0.434. The number of hydrogen-bond donors (Lipinski definition) is 1. The van der Waals surface area contributed by atoms with Crippen molar-refractivity contribution in [3.63, 3.8) is 0 Å². The van der Waals surface area contributed by atoms with Gasteiger partial charge in [-0.1, -0.05) is 55.3 Å². The smallest absolute Gasteiger partial charge is 0.225 e. The van der Waals surface area contributed by atoms with E-state index in [1.54, 1.807) is 14.2 Å². The minimum absolute atomic E-state index is 0.0856. The van der Waals surface area contributed by atoms with E-state index < -0.39 is 6.29 Å². The Bertz CT molecular complexity index is 1080. The van der Waals surface area contributed by atoms with Gasteiger partial charge in [-0.2, -0.15) is 0 Å². The van der Waals surface area contributed by atoms with Crippen molar-refractivity contribution in [2.75, 3.05) is 54.1 Å². The molecule has 0 bridgehead atoms. The van der Waals surface area contributed by atoms with Crippen LogP contribution in [0.25, 0.3) is 0 Å². The van der Waals surface area contributed by atoms with Crippen molar-refractivity contribution in [2.45, 2.75) is 76.0 Å². The van der Waals surface area contributed by atoms with Crippen LogP contribution in [0.3, 0.4) is 0 Å². The molecule has 2 fully saturated rings. The molecule has 1 heterocycles. The van der Waals surface area contributed by atoms with E-state index in [1.807, 2.05) is 23.1 Å². The van der Waals surface area contributed by atoms with Gasteiger partial charge in [-0.05, 0) is 82.3 Å². The topological polar surface area (TPSA) is 71.5 Å². The number of piperidine rings is 1. The molecule has 2 aromatic carbocycles. The van der Waals surface area contributed by atoms with E-state index in [-0.39, 0.29) is 17.4 Å². The van der Waals surface area contributed by atoms with Gasteiger partial charge >= 0.3 is 0 Å². The maximum absolute atomic E-state index is 13.3. The van der Waals surface area contributed by atoms with Crippen LogP contribution in [-0.4, -0.2) is 87.3 Å². The van der Waals surface area contributed by atoms with Gasteiger partial charge in [-0.25, -0.2) is 0 Å². The van der Waals surface area contributed by atoms with Crippen molar-refractivity contribution in [3.8, 4) is 5.75 Å². The summed E-state index contributed by atoms with van der Waals surface area (Å²) >= 11 is 0. The Morgan fingerprint density at radius 2 is 1.73 bits per heavy atom. The first-order valence-electron chi connectivity index (χ1n) is 15.4. The summed E-state index contributed by atoms with van der Waals surface area (Å²) in [5, 5.41) is 11.0. The number of amides is 1. The number of carbonyl (C=O) groups is 1. The number of hydrogen-bond acceptors (Lipinski definition) is 6. The lowest BCUT2D eigenvalue weighted by Crippen LogP contribution is -2.47. The zero-order valence-corrected chi connectivity index (χ0v) is 25.5. The van der Waals surface area contributed by atoms with E-state index in [1.165, 1.54) is 31.2 Å². The van der Waals surface area contributed by atoms with Crippen molar-refractivity contribution < 1.29 is 24.1 Å². The molecule has 2 aromatic rings. The molecule has 1 N–H and O–H groups in total. The molecule has 1 saturated heterocycles. The summed E-state index contributed by atoms with van der Waals surface area (Å²) in [6, 6.07) is 16.8. The molecule has 0 aromatic heterocycles. The highest BCUT2D eigenvalue weighted by molar-refractivity contribution is 5.76. The van der Waals surface area contributed by atoms with E-state index in [0.717, 1.165) is 43.5 Å². The third-order valence-corrected chi connectivity index (χ3v) is 9.50. The van der Waals surface area contributed by atoms with Crippen LogP contribution in [0.15, 0.2) is 48.5 Å². The lowest BCUT2D eigenvalue weighted by molar-refractivity contribution is -0.151. The monoisotopic (exact) mass is 566 g/mol. The van der Waals surface area contributed by atoms with Gasteiger partial charge in [0.15, 0.2) is 6.29 Å². The van der Waals surface area contributed by atoms with Crippen LogP contribution in [-0.2, 0) is 30.8 Å². The fourth-order valence-corrected chi connectivity index (χ4v) is 6.78. The molecule has 226 valence electrons. The number of phenolic OH excluding ortho intramolecular Hbond substituents is 1. The predicted molar refractivity (Wildman–Crippen MR) is 162 cm³/mol. The first-order valence-corrected chi connectivity index (χ1v) is 15.4. The summed E-state index contributed by atoms with van der Waals surface area (Å²) in [6.07, 6.45) is 7.37. The van der Waals surface area contributed by atoms with E-state index in [4.69, 9.17) is 14.2 Å². The molecule has 7 nitrogen and oxygen atoms in total. The van der Waals surface area contributed by atoms with Gasteiger partial charge in [-0.15, -0.1) is 0 Å². The summed E-state index contributed by atoms with van der Waals surface area (Å²) in [7, 11) is 5.39. The number of carbonyl (C=O) groups excluding carboxylic acids is 1. The van der Waals surface area contributed by atoms with Crippen molar-refractivity contribution in [1.29, 1.82) is 0 Å². The van der Waals surface area contributed by atoms with Gasteiger partial charge < -0.3 is 29.1 Å². The van der Waals surface area contributed by atoms with Crippen LogP contribution in [0.1, 0.15) is 68.6 Å². The minimum Gasteiger partial charge on any atom is -0.508 e. The third-order valence-electron chi connectivity index (χ3n) is 9.50. The fraction of sp³-hybridized carbons (Fsp3) is 0.618. The van der Waals surface area contributed by atoms with Crippen LogP contribution in [0.4, 0.5) is 0 Å². The number of aromatic hydroxyl groups is 1. The normalized spacial score (nSPS) is 18.6. The number of nitrogens with zero attached hydrogens (tertiary/aromatic N) is 2. The zero-order valence-electron chi connectivity index (χ0n) is 25.5. The Kier molecular flexibility index (Phi) is 11.6. The van der Waals surface area contributed by atoms with Gasteiger partial charge in [-0.3, -0.25) is 4.79 Å². The fourth-order valence-electron chi connectivity index (χ4n) is 6.78. The Labute approximate surface area is 246 Å². The summed E-state index contributed by atoms with van der Waals surface area (Å²) < 4.78 is 16.8. The number of likely N-dealkylation sites (tertiary alicyclic amines) is 1. The van der Waals surface area contributed by atoms with Gasteiger partial charge in [0.25, 0.3) is 0 Å². The molecule has 1 amide bonds. The molecule has 0 spiro atoms. The van der Waals surface area contributed by atoms with Crippen molar-refractivity contribution in [1.82, 2.24) is 9.80 Å². The SMILES string of the molecule is COC(CN(C(=O)CCOCCc1ccc(O)c(C2(c3ccccc3)CCN(C)CC2)c1)[C@H](C)C1CCCC1)OC. The predicted octanol–water partition coefficient (Wildman–Crippen LogP) is 5.38. The molecule has 1 aliphatic heterocycles. The van der Waals surface area contributed by atoms with Crippen LogP contribution >= 0.6 is 0 Å². The highest BCUT2D eigenvalue weighted by Gasteiger charge is 2.39. The summed E-state index contributed by atoms with van der Waals surface area (Å²) in [6.45, 7) is 5.46. The molecule has 2 aliphatic rings. The number of rotatable bonds is 14. The molecule has 0 radical (unpaired) electrons. The standard InChI is InChI=1S/C34H50N2O5/c1-26(28-10-8-9-11-28)36(25-33(39-3)40-4)32(38)17-23-41-22-16-27-14-15-31(37)30(24-27)34(18-20-35(2)21-19-34)29-12-6-5-7-13-29/h5-7,12-15,24,26,28,33,37H,8-11,16-23,25H2,1-4H3/t26-/m1/s1. The first kappa shape index (κ1) is 31.5. The van der Waals surface area contributed by atoms with Gasteiger partial charge in [0.1, 0.15) is 5.75 Å².